The van der Waals surface area contributed by atoms with Gasteiger partial charge in [0.2, 0.25) is 0 Å². The first-order chi connectivity index (χ1) is 18.1. The zero-order valence-corrected chi connectivity index (χ0v) is 20.9. The van der Waals surface area contributed by atoms with E-state index in [2.05, 4.69) is 38.6 Å². The van der Waals surface area contributed by atoms with Crippen molar-refractivity contribution in [1.29, 1.82) is 0 Å². The Morgan fingerprint density at radius 1 is 0.973 bits per heavy atom. The number of fused-ring (bicyclic) bond motifs is 2. The molecule has 5 rings (SSSR count). The number of ether oxygens (including phenoxy) is 2. The van der Waals surface area contributed by atoms with Crippen molar-refractivity contribution >= 4 is 23.8 Å². The average molecular weight is 495 g/mol. The molecule has 0 saturated heterocycles. The predicted octanol–water partition coefficient (Wildman–Crippen LogP) is 4.12. The first-order valence-electron chi connectivity index (χ1n) is 12.5. The van der Waals surface area contributed by atoms with E-state index in [1.165, 1.54) is 5.56 Å². The second kappa shape index (κ2) is 11.2. The lowest BCUT2D eigenvalue weighted by molar-refractivity contribution is 0.0887. The minimum Gasteiger partial charge on any atom is -0.491 e. The Kier molecular flexibility index (Phi) is 7.42. The van der Waals surface area contributed by atoms with Crippen molar-refractivity contribution in [3.8, 4) is 5.75 Å². The highest BCUT2D eigenvalue weighted by atomic mass is 16.5. The van der Waals surface area contributed by atoms with Crippen molar-refractivity contribution < 1.29 is 9.47 Å². The van der Waals surface area contributed by atoms with Gasteiger partial charge in [-0.15, -0.1) is 0 Å². The molecule has 0 amide bonds. The van der Waals surface area contributed by atoms with E-state index in [1.807, 2.05) is 67.6 Å². The molecule has 1 aliphatic rings. The topological polar surface area (TPSA) is 79.8 Å². The Morgan fingerprint density at radius 3 is 2.46 bits per heavy atom. The Bertz CT molecular complexity index is 1540. The number of aromatic nitrogens is 2. The third kappa shape index (κ3) is 5.78. The van der Waals surface area contributed by atoms with Crippen LogP contribution in [0, 0.1) is 6.92 Å². The molecule has 37 heavy (non-hydrogen) atoms. The van der Waals surface area contributed by atoms with Gasteiger partial charge in [-0.1, -0.05) is 67.2 Å². The van der Waals surface area contributed by atoms with Crippen molar-refractivity contribution in [1.82, 2.24) is 9.97 Å². The second-order valence-corrected chi connectivity index (χ2v) is 9.03. The van der Waals surface area contributed by atoms with Crippen LogP contribution < -0.4 is 26.0 Å². The average Bonchev–Trinajstić information content (AvgIpc) is 2.90. The summed E-state index contributed by atoms with van der Waals surface area (Å²) in [6.45, 7) is 7.94. The number of rotatable bonds is 10. The molecule has 3 aromatic carbocycles. The maximum atomic E-state index is 12.7. The molecule has 1 N–H and O–H groups in total. The highest BCUT2D eigenvalue weighted by molar-refractivity contribution is 5.78. The smallest absolute Gasteiger partial charge is 0.279 e. The molecule has 0 bridgehead atoms. The largest absolute Gasteiger partial charge is 0.491 e. The van der Waals surface area contributed by atoms with Crippen molar-refractivity contribution in [3.63, 3.8) is 0 Å². The number of benzene rings is 3. The van der Waals surface area contributed by atoms with Crippen LogP contribution in [-0.2, 0) is 17.8 Å². The molecule has 1 aliphatic heterocycles. The molecule has 4 aromatic rings. The second-order valence-electron chi connectivity index (χ2n) is 9.03. The number of nitrogens with one attached hydrogen (secondary N) is 1. The van der Waals surface area contributed by atoms with Gasteiger partial charge in [-0.2, -0.15) is 0 Å². The molecule has 2 heterocycles. The third-order valence-electron chi connectivity index (χ3n) is 6.26. The summed E-state index contributed by atoms with van der Waals surface area (Å²) in [6, 6.07) is 24.4. The molecule has 0 fully saturated rings. The number of aryl methyl sites for hydroxylation is 2. The van der Waals surface area contributed by atoms with Gasteiger partial charge in [0.15, 0.2) is 11.2 Å². The van der Waals surface area contributed by atoms with Gasteiger partial charge in [-0.25, -0.2) is 9.98 Å². The summed E-state index contributed by atoms with van der Waals surface area (Å²) in [5.74, 6) is 1.28. The molecule has 0 unspecified atom stereocenters. The summed E-state index contributed by atoms with van der Waals surface area (Å²) in [7, 11) is 0. The van der Waals surface area contributed by atoms with Gasteiger partial charge in [-0.05, 0) is 42.5 Å². The van der Waals surface area contributed by atoms with Crippen LogP contribution in [0.1, 0.15) is 23.1 Å². The van der Waals surface area contributed by atoms with E-state index < -0.39 is 0 Å². The van der Waals surface area contributed by atoms with Crippen LogP contribution in [0.15, 0.2) is 82.6 Å². The molecule has 7 nitrogen and oxygen atoms in total. The van der Waals surface area contributed by atoms with Crippen LogP contribution in [-0.4, -0.2) is 29.7 Å². The summed E-state index contributed by atoms with van der Waals surface area (Å²) in [5.41, 5.74) is 4.95. The van der Waals surface area contributed by atoms with E-state index in [4.69, 9.17) is 9.47 Å². The van der Waals surface area contributed by atoms with Crippen LogP contribution >= 0.6 is 0 Å². The van der Waals surface area contributed by atoms with Crippen molar-refractivity contribution in [2.75, 3.05) is 24.7 Å². The normalized spacial score (nSPS) is 12.0. The maximum Gasteiger partial charge on any atom is 0.279 e. The number of anilines is 2. The Morgan fingerprint density at radius 2 is 1.70 bits per heavy atom. The molecule has 7 heteroatoms. The summed E-state index contributed by atoms with van der Waals surface area (Å²) in [5, 5.41) is 0.307. The fourth-order valence-electron chi connectivity index (χ4n) is 4.43. The van der Waals surface area contributed by atoms with E-state index in [0.717, 1.165) is 41.1 Å². The Labute approximate surface area is 215 Å². The molecule has 0 spiro atoms. The number of H-pyrrole nitrogens is 1. The third-order valence-corrected chi connectivity index (χ3v) is 6.26. The zero-order chi connectivity index (χ0) is 25.6. The molecule has 0 aliphatic carbocycles. The Hall–Kier alpha value is -4.23. The van der Waals surface area contributed by atoms with Crippen LogP contribution in [0.3, 0.4) is 0 Å². The molecular weight excluding hydrogens is 464 g/mol. The van der Waals surface area contributed by atoms with E-state index in [1.54, 1.807) is 0 Å². The van der Waals surface area contributed by atoms with Gasteiger partial charge in [-0.3, -0.25) is 4.79 Å². The number of aromatic amines is 1. The minimum absolute atomic E-state index is 0.290. The number of hydrogen-bond acceptors (Lipinski definition) is 6. The lowest BCUT2D eigenvalue weighted by atomic mass is 10.1. The van der Waals surface area contributed by atoms with Crippen molar-refractivity contribution in [3.05, 3.63) is 111 Å². The maximum absolute atomic E-state index is 12.7. The summed E-state index contributed by atoms with van der Waals surface area (Å²) in [4.78, 5) is 26.6. The first kappa shape index (κ1) is 24.5. The summed E-state index contributed by atoms with van der Waals surface area (Å²) in [6.07, 6.45) is 1.79. The number of hydrogen-bond donors (Lipinski definition) is 1. The van der Waals surface area contributed by atoms with Gasteiger partial charge < -0.3 is 19.4 Å². The van der Waals surface area contributed by atoms with Crippen LogP contribution in [0.5, 0.6) is 5.75 Å². The van der Waals surface area contributed by atoms with Gasteiger partial charge in [0.1, 0.15) is 17.8 Å². The highest BCUT2D eigenvalue weighted by Gasteiger charge is 2.24. The molecule has 0 saturated carbocycles. The van der Waals surface area contributed by atoms with E-state index in [-0.39, 0.29) is 5.56 Å². The first-order valence-corrected chi connectivity index (χ1v) is 12.5. The van der Waals surface area contributed by atoms with Gasteiger partial charge in [0.25, 0.3) is 5.56 Å². The molecule has 0 radical (unpaired) electrons. The zero-order valence-electron chi connectivity index (χ0n) is 20.9. The lowest BCUT2D eigenvalue weighted by Crippen LogP contribution is -2.42. The standard InChI is InChI=1S/C30H30N4O3/c1-21-18-25-26(19-27(21)37-17-16-36-20-24-12-7-4-8-13-24)34(15-9-14-23-10-5-3-6-11-23)29-28(33-25)30(35)32-22(2)31-29/h3-8,10-13,18-19H,2,9,14-17,20H2,1H3,(H,32,35). The predicted molar refractivity (Wildman–Crippen MR) is 145 cm³/mol. The molecule has 0 atom stereocenters. The van der Waals surface area contributed by atoms with Crippen molar-refractivity contribution in [2.45, 2.75) is 26.4 Å². The van der Waals surface area contributed by atoms with E-state index in [0.29, 0.717) is 43.0 Å². The van der Waals surface area contributed by atoms with Crippen LogP contribution in [0.25, 0.3) is 6.58 Å². The summed E-state index contributed by atoms with van der Waals surface area (Å²) >= 11 is 0. The fraction of sp³-hybridized carbons (Fsp3) is 0.233. The summed E-state index contributed by atoms with van der Waals surface area (Å²) < 4.78 is 11.9. The fourth-order valence-corrected chi connectivity index (χ4v) is 4.43. The lowest BCUT2D eigenvalue weighted by Gasteiger charge is -2.29. The molecule has 188 valence electrons. The minimum atomic E-state index is -0.290. The monoisotopic (exact) mass is 494 g/mol. The molecular formula is C30H30N4O3. The van der Waals surface area contributed by atoms with Crippen molar-refractivity contribution in [2.24, 2.45) is 4.99 Å². The van der Waals surface area contributed by atoms with E-state index in [9.17, 15) is 4.79 Å². The van der Waals surface area contributed by atoms with Gasteiger partial charge >= 0.3 is 0 Å². The quantitative estimate of drug-likeness (QED) is 0.336. The number of nitrogens with zero attached hydrogens (tertiary/aromatic N) is 3. The van der Waals surface area contributed by atoms with Gasteiger partial charge in [0.05, 0.1) is 24.6 Å². The Balaban J connectivity index is 1.35. The highest BCUT2D eigenvalue weighted by Crippen LogP contribution is 2.39. The SMILES string of the molecule is C=c1nc2c(c(=O)[nH]1)=Nc1cc(C)c(OCCOCc3ccccc3)cc1N2CCCc1ccccc1. The van der Waals surface area contributed by atoms with Crippen LogP contribution in [0.2, 0.25) is 0 Å². The van der Waals surface area contributed by atoms with E-state index >= 15 is 0 Å². The molecule has 1 aromatic heterocycles. The van der Waals surface area contributed by atoms with Gasteiger partial charge in [0, 0.05) is 12.6 Å². The van der Waals surface area contributed by atoms with Crippen LogP contribution in [0.4, 0.5) is 17.2 Å².